The lowest BCUT2D eigenvalue weighted by Crippen LogP contribution is -2.12. The Morgan fingerprint density at radius 3 is 2.21 bits per heavy atom. The summed E-state index contributed by atoms with van der Waals surface area (Å²) in [6, 6.07) is 5.76. The number of nitrogens with two attached hydrogens (primary N) is 1. The third-order valence-electron chi connectivity index (χ3n) is 2.19. The van der Waals surface area contributed by atoms with Crippen molar-refractivity contribution in [3.05, 3.63) is 23.8 Å². The quantitative estimate of drug-likeness (QED) is 0.572. The fourth-order valence-corrected chi connectivity index (χ4v) is 1.93. The fourth-order valence-electron chi connectivity index (χ4n) is 1.28. The van der Waals surface area contributed by atoms with E-state index in [1.165, 1.54) is 5.56 Å². The molecule has 1 aromatic rings. The molecule has 1 aromatic carbocycles. The summed E-state index contributed by atoms with van der Waals surface area (Å²) in [6.45, 7) is 6.39. The SMILES string of the molecule is C[S+]([O-])c1ccc(C(C)(C)C)cc1N. The molecule has 0 heterocycles. The normalized spacial score (nSPS) is 14.1. The second-order valence-corrected chi connectivity index (χ2v) is 5.80. The number of hydrogen-bond donors (Lipinski definition) is 1. The number of nitrogen functional groups attached to an aromatic ring is 1. The van der Waals surface area contributed by atoms with Gasteiger partial charge in [-0.2, -0.15) is 0 Å². The van der Waals surface area contributed by atoms with Crippen molar-refractivity contribution >= 4 is 16.9 Å². The van der Waals surface area contributed by atoms with Crippen molar-refractivity contribution in [3.63, 3.8) is 0 Å². The number of anilines is 1. The Labute approximate surface area is 88.7 Å². The largest absolute Gasteiger partial charge is 0.612 e. The summed E-state index contributed by atoms with van der Waals surface area (Å²) in [5.74, 6) is 0. The first-order chi connectivity index (χ1) is 6.32. The van der Waals surface area contributed by atoms with Crippen molar-refractivity contribution in [3.8, 4) is 0 Å². The van der Waals surface area contributed by atoms with Gasteiger partial charge in [0.15, 0.2) is 4.90 Å². The second-order valence-electron chi connectivity index (χ2n) is 4.46. The Bertz CT molecular complexity index is 329. The highest BCUT2D eigenvalue weighted by Gasteiger charge is 2.17. The van der Waals surface area contributed by atoms with Crippen molar-refractivity contribution in [2.24, 2.45) is 0 Å². The summed E-state index contributed by atoms with van der Waals surface area (Å²) < 4.78 is 11.3. The predicted molar refractivity (Wildman–Crippen MR) is 61.9 cm³/mol. The molecule has 0 aliphatic carbocycles. The molecule has 1 unspecified atom stereocenters. The Balaban J connectivity index is 3.13. The van der Waals surface area contributed by atoms with E-state index < -0.39 is 11.2 Å². The number of rotatable bonds is 1. The maximum atomic E-state index is 11.3. The van der Waals surface area contributed by atoms with Crippen LogP contribution in [0.5, 0.6) is 0 Å². The van der Waals surface area contributed by atoms with Gasteiger partial charge in [0.2, 0.25) is 0 Å². The van der Waals surface area contributed by atoms with Crippen LogP contribution in [0.2, 0.25) is 0 Å². The molecule has 0 bridgehead atoms. The molecule has 0 saturated carbocycles. The minimum absolute atomic E-state index is 0.0852. The van der Waals surface area contributed by atoms with Crippen LogP contribution in [-0.2, 0) is 16.6 Å². The zero-order valence-electron chi connectivity index (χ0n) is 9.13. The topological polar surface area (TPSA) is 49.1 Å². The van der Waals surface area contributed by atoms with Gasteiger partial charge in [-0.3, -0.25) is 0 Å². The standard InChI is InChI=1S/C11H17NOS/c1-11(2,3)8-5-6-10(14(4)13)9(12)7-8/h5-7H,12H2,1-4H3. The van der Waals surface area contributed by atoms with E-state index >= 15 is 0 Å². The average molecular weight is 211 g/mol. The average Bonchev–Trinajstić information content (AvgIpc) is 2.01. The van der Waals surface area contributed by atoms with Crippen molar-refractivity contribution in [2.75, 3.05) is 12.0 Å². The van der Waals surface area contributed by atoms with Crippen molar-refractivity contribution < 1.29 is 4.55 Å². The first-order valence-corrected chi connectivity index (χ1v) is 6.11. The molecule has 2 N–H and O–H groups in total. The van der Waals surface area contributed by atoms with E-state index in [9.17, 15) is 4.55 Å². The first-order valence-electron chi connectivity index (χ1n) is 4.56. The Morgan fingerprint density at radius 1 is 1.29 bits per heavy atom. The molecule has 78 valence electrons. The molecule has 1 atom stereocenters. The van der Waals surface area contributed by atoms with Crippen LogP contribution in [0.3, 0.4) is 0 Å². The molecular weight excluding hydrogens is 194 g/mol. The Kier molecular flexibility index (Phi) is 3.12. The molecule has 0 aromatic heterocycles. The summed E-state index contributed by atoms with van der Waals surface area (Å²) >= 11 is -1.00. The molecule has 1 rings (SSSR count). The predicted octanol–water partition coefficient (Wildman–Crippen LogP) is 2.30. The van der Waals surface area contributed by atoms with Crippen LogP contribution in [0.25, 0.3) is 0 Å². The maximum absolute atomic E-state index is 11.3. The van der Waals surface area contributed by atoms with Gasteiger partial charge in [0.25, 0.3) is 0 Å². The Morgan fingerprint density at radius 2 is 1.86 bits per heavy atom. The number of hydrogen-bond acceptors (Lipinski definition) is 2. The smallest absolute Gasteiger partial charge is 0.175 e. The highest BCUT2D eigenvalue weighted by atomic mass is 32.2. The summed E-state index contributed by atoms with van der Waals surface area (Å²) in [6.07, 6.45) is 1.64. The maximum Gasteiger partial charge on any atom is 0.175 e. The first kappa shape index (κ1) is 11.4. The third-order valence-corrected chi connectivity index (χ3v) is 3.18. The molecule has 0 aliphatic heterocycles. The van der Waals surface area contributed by atoms with Crippen LogP contribution in [0.1, 0.15) is 26.3 Å². The molecule has 0 spiro atoms. The van der Waals surface area contributed by atoms with Crippen molar-refractivity contribution in [2.45, 2.75) is 31.1 Å². The summed E-state index contributed by atoms with van der Waals surface area (Å²) in [5.41, 5.74) is 7.71. The van der Waals surface area contributed by atoms with Gasteiger partial charge in [0, 0.05) is 0 Å². The van der Waals surface area contributed by atoms with Crippen LogP contribution in [0.15, 0.2) is 23.1 Å². The molecule has 14 heavy (non-hydrogen) atoms. The van der Waals surface area contributed by atoms with Crippen LogP contribution in [0.4, 0.5) is 5.69 Å². The summed E-state index contributed by atoms with van der Waals surface area (Å²) in [5, 5.41) is 0. The molecule has 0 fully saturated rings. The minimum Gasteiger partial charge on any atom is -0.612 e. The second kappa shape index (κ2) is 3.83. The van der Waals surface area contributed by atoms with E-state index in [-0.39, 0.29) is 5.41 Å². The van der Waals surface area contributed by atoms with E-state index in [4.69, 9.17) is 5.73 Å². The zero-order valence-corrected chi connectivity index (χ0v) is 9.94. The lowest BCUT2D eigenvalue weighted by Gasteiger charge is -2.20. The molecule has 2 nitrogen and oxygen atoms in total. The van der Waals surface area contributed by atoms with Crippen LogP contribution in [-0.4, -0.2) is 10.8 Å². The van der Waals surface area contributed by atoms with E-state index in [2.05, 4.69) is 20.8 Å². The molecule has 0 saturated heterocycles. The molecule has 3 heteroatoms. The fraction of sp³-hybridized carbons (Fsp3) is 0.455. The van der Waals surface area contributed by atoms with E-state index in [0.717, 1.165) is 4.90 Å². The van der Waals surface area contributed by atoms with Gasteiger partial charge < -0.3 is 10.3 Å². The highest BCUT2D eigenvalue weighted by Crippen LogP contribution is 2.27. The van der Waals surface area contributed by atoms with E-state index in [1.54, 1.807) is 6.26 Å². The Hall–Kier alpha value is -0.670. The van der Waals surface area contributed by atoms with Gasteiger partial charge in [-0.15, -0.1) is 0 Å². The van der Waals surface area contributed by atoms with Gasteiger partial charge >= 0.3 is 0 Å². The molecule has 0 amide bonds. The van der Waals surface area contributed by atoms with Gasteiger partial charge in [0.1, 0.15) is 6.26 Å². The van der Waals surface area contributed by atoms with Gasteiger partial charge in [-0.1, -0.05) is 26.8 Å². The van der Waals surface area contributed by atoms with E-state index in [0.29, 0.717) is 5.69 Å². The van der Waals surface area contributed by atoms with Gasteiger partial charge in [-0.25, -0.2) is 0 Å². The lowest BCUT2D eigenvalue weighted by molar-refractivity contribution is 0.588. The van der Waals surface area contributed by atoms with Crippen molar-refractivity contribution in [1.82, 2.24) is 0 Å². The number of benzene rings is 1. The highest BCUT2D eigenvalue weighted by molar-refractivity contribution is 7.90. The van der Waals surface area contributed by atoms with E-state index in [1.807, 2.05) is 18.2 Å². The summed E-state index contributed by atoms with van der Waals surface area (Å²) in [7, 11) is 0. The molecular formula is C11H17NOS. The molecule has 0 radical (unpaired) electrons. The van der Waals surface area contributed by atoms with Gasteiger partial charge in [-0.05, 0) is 34.3 Å². The van der Waals surface area contributed by atoms with Gasteiger partial charge in [0.05, 0.1) is 5.69 Å². The third kappa shape index (κ3) is 2.42. The monoisotopic (exact) mass is 211 g/mol. The minimum atomic E-state index is -1.00. The van der Waals surface area contributed by atoms with Crippen molar-refractivity contribution in [1.29, 1.82) is 0 Å². The van der Waals surface area contributed by atoms with Crippen LogP contribution < -0.4 is 5.73 Å². The molecule has 0 aliphatic rings. The lowest BCUT2D eigenvalue weighted by atomic mass is 9.87. The zero-order chi connectivity index (χ0) is 10.9. The van der Waals surface area contributed by atoms with Crippen LogP contribution in [0, 0.1) is 0 Å². The van der Waals surface area contributed by atoms with Crippen LogP contribution >= 0.6 is 0 Å². The summed E-state index contributed by atoms with van der Waals surface area (Å²) in [4.78, 5) is 0.720.